The van der Waals surface area contributed by atoms with Gasteiger partial charge in [0.05, 0.1) is 11.9 Å². The molecule has 124 valence electrons. The average Bonchev–Trinajstić information content (AvgIpc) is 2.88. The van der Waals surface area contributed by atoms with E-state index < -0.39 is 5.76 Å². The van der Waals surface area contributed by atoms with Crippen LogP contribution in [0.3, 0.4) is 0 Å². The van der Waals surface area contributed by atoms with Crippen molar-refractivity contribution >= 4 is 17.0 Å². The lowest BCUT2D eigenvalue weighted by molar-refractivity contribution is -0.129. The summed E-state index contributed by atoms with van der Waals surface area (Å²) in [6.07, 6.45) is 4.59. The van der Waals surface area contributed by atoms with Crippen LogP contribution in [0.25, 0.3) is 11.1 Å². The molecule has 6 nitrogen and oxygen atoms in total. The van der Waals surface area contributed by atoms with E-state index in [0.29, 0.717) is 24.1 Å². The number of nitrogens with zero attached hydrogens (tertiary/aromatic N) is 3. The van der Waals surface area contributed by atoms with E-state index in [2.05, 4.69) is 4.98 Å². The Morgan fingerprint density at radius 1 is 1.21 bits per heavy atom. The average molecular weight is 325 g/mol. The van der Waals surface area contributed by atoms with Crippen LogP contribution >= 0.6 is 0 Å². The van der Waals surface area contributed by atoms with Crippen LogP contribution in [0.1, 0.15) is 11.1 Å². The van der Waals surface area contributed by atoms with Gasteiger partial charge in [-0.1, -0.05) is 6.07 Å². The number of rotatable bonds is 5. The lowest BCUT2D eigenvalue weighted by Crippen LogP contribution is -2.30. The highest BCUT2D eigenvalue weighted by Crippen LogP contribution is 2.15. The molecule has 2 heterocycles. The zero-order valence-electron chi connectivity index (χ0n) is 13.7. The van der Waals surface area contributed by atoms with Crippen LogP contribution in [-0.2, 0) is 24.7 Å². The molecular formula is C18H19N3O3. The van der Waals surface area contributed by atoms with Crippen LogP contribution in [0.5, 0.6) is 0 Å². The highest BCUT2D eigenvalue weighted by molar-refractivity contribution is 5.81. The summed E-state index contributed by atoms with van der Waals surface area (Å²) >= 11 is 0. The summed E-state index contributed by atoms with van der Waals surface area (Å²) in [6, 6.07) is 9.28. The zero-order valence-corrected chi connectivity index (χ0v) is 13.7. The Labute approximate surface area is 139 Å². The number of likely N-dealkylation sites (N-methyl/N-ethyl adjacent to an activating group) is 1. The topological polar surface area (TPSA) is 68.3 Å². The minimum absolute atomic E-state index is 0.0388. The Morgan fingerprint density at radius 2 is 1.96 bits per heavy atom. The van der Waals surface area contributed by atoms with Crippen molar-refractivity contribution in [2.75, 3.05) is 13.6 Å². The summed E-state index contributed by atoms with van der Waals surface area (Å²) in [5.41, 5.74) is 3.24. The van der Waals surface area contributed by atoms with E-state index in [9.17, 15) is 9.59 Å². The molecule has 0 N–H and O–H groups in total. The first-order valence-corrected chi connectivity index (χ1v) is 7.76. The number of aryl methyl sites for hydroxylation is 1. The van der Waals surface area contributed by atoms with Crippen molar-refractivity contribution in [3.8, 4) is 0 Å². The summed E-state index contributed by atoms with van der Waals surface area (Å²) in [5.74, 6) is -0.361. The molecule has 0 saturated carbocycles. The molecule has 0 aliphatic heterocycles. The number of carbonyl (C=O) groups excluding carboxylic acids is 1. The maximum Gasteiger partial charge on any atom is 0.419 e. The van der Waals surface area contributed by atoms with Gasteiger partial charge in [0, 0.05) is 33.0 Å². The van der Waals surface area contributed by atoms with Gasteiger partial charge in [-0.2, -0.15) is 0 Å². The molecule has 0 radical (unpaired) electrons. The van der Waals surface area contributed by atoms with Crippen LogP contribution < -0.4 is 5.76 Å². The van der Waals surface area contributed by atoms with Crippen LogP contribution in [0.2, 0.25) is 0 Å². The molecule has 0 aliphatic rings. The van der Waals surface area contributed by atoms with Gasteiger partial charge in [0.1, 0.15) is 0 Å². The summed E-state index contributed by atoms with van der Waals surface area (Å²) in [6.45, 7) is 0.648. The first-order valence-electron chi connectivity index (χ1n) is 7.76. The fraction of sp³-hybridized carbons (Fsp3) is 0.278. The molecule has 1 aromatic carbocycles. The number of fused-ring (bicyclic) bond motifs is 1. The van der Waals surface area contributed by atoms with Gasteiger partial charge in [-0.25, -0.2) is 4.79 Å². The van der Waals surface area contributed by atoms with Crippen LogP contribution in [-0.4, -0.2) is 34.0 Å². The van der Waals surface area contributed by atoms with Crippen LogP contribution in [0, 0.1) is 0 Å². The molecule has 0 bridgehead atoms. The van der Waals surface area contributed by atoms with E-state index in [1.165, 1.54) is 4.57 Å². The monoisotopic (exact) mass is 325 g/mol. The van der Waals surface area contributed by atoms with Crippen molar-refractivity contribution in [3.05, 3.63) is 64.4 Å². The first-order chi connectivity index (χ1) is 11.5. The van der Waals surface area contributed by atoms with Crippen molar-refractivity contribution in [2.24, 2.45) is 7.05 Å². The molecule has 3 aromatic rings. The van der Waals surface area contributed by atoms with Gasteiger partial charge in [0.15, 0.2) is 5.58 Å². The Balaban J connectivity index is 1.65. The van der Waals surface area contributed by atoms with E-state index in [-0.39, 0.29) is 5.91 Å². The minimum Gasteiger partial charge on any atom is -0.408 e. The molecule has 0 fully saturated rings. The molecule has 0 saturated heterocycles. The number of hydrogen-bond acceptors (Lipinski definition) is 4. The quantitative estimate of drug-likeness (QED) is 0.717. The standard InChI is InChI=1S/C18H19N3O3/c1-20(10-7-13-5-8-19-9-6-13)17(22)12-14-3-4-16-15(11-14)21(2)18(23)24-16/h3-6,8-9,11H,7,10,12H2,1-2H3. The normalized spacial score (nSPS) is 10.9. The molecular weight excluding hydrogens is 306 g/mol. The summed E-state index contributed by atoms with van der Waals surface area (Å²) in [7, 11) is 3.45. The highest BCUT2D eigenvalue weighted by atomic mass is 16.4. The van der Waals surface area contributed by atoms with Crippen molar-refractivity contribution in [1.29, 1.82) is 0 Å². The third kappa shape index (κ3) is 3.37. The summed E-state index contributed by atoms with van der Waals surface area (Å²) < 4.78 is 6.54. The van der Waals surface area contributed by atoms with Gasteiger partial charge >= 0.3 is 5.76 Å². The minimum atomic E-state index is -0.400. The van der Waals surface area contributed by atoms with E-state index in [1.54, 1.807) is 37.5 Å². The number of aromatic nitrogens is 2. The van der Waals surface area contributed by atoms with Gasteiger partial charge in [0.25, 0.3) is 0 Å². The van der Waals surface area contributed by atoms with Gasteiger partial charge in [-0.3, -0.25) is 14.3 Å². The van der Waals surface area contributed by atoms with Crippen LogP contribution in [0.4, 0.5) is 0 Å². The van der Waals surface area contributed by atoms with Gasteiger partial charge in [-0.15, -0.1) is 0 Å². The molecule has 0 atom stereocenters. The third-order valence-corrected chi connectivity index (χ3v) is 4.12. The number of hydrogen-bond donors (Lipinski definition) is 0. The predicted molar refractivity (Wildman–Crippen MR) is 90.7 cm³/mol. The summed E-state index contributed by atoms with van der Waals surface area (Å²) in [5, 5.41) is 0. The van der Waals surface area contributed by atoms with E-state index in [4.69, 9.17) is 4.42 Å². The van der Waals surface area contributed by atoms with Crippen LogP contribution in [0.15, 0.2) is 51.9 Å². The SMILES string of the molecule is CN(CCc1ccncc1)C(=O)Cc1ccc2oc(=O)n(C)c2c1. The van der Waals surface area contributed by atoms with Crippen molar-refractivity contribution in [2.45, 2.75) is 12.8 Å². The smallest absolute Gasteiger partial charge is 0.408 e. The first kappa shape index (κ1) is 16.0. The zero-order chi connectivity index (χ0) is 17.1. The van der Waals surface area contributed by atoms with E-state index in [1.807, 2.05) is 24.3 Å². The number of oxazole rings is 1. The maximum absolute atomic E-state index is 12.4. The second-order valence-corrected chi connectivity index (χ2v) is 5.83. The van der Waals surface area contributed by atoms with E-state index in [0.717, 1.165) is 17.5 Å². The second kappa shape index (κ2) is 6.70. The molecule has 6 heteroatoms. The molecule has 2 aromatic heterocycles. The number of benzene rings is 1. The van der Waals surface area contributed by atoms with E-state index >= 15 is 0 Å². The molecule has 0 spiro atoms. The fourth-order valence-electron chi connectivity index (χ4n) is 2.56. The van der Waals surface area contributed by atoms with Crippen molar-refractivity contribution in [1.82, 2.24) is 14.5 Å². The third-order valence-electron chi connectivity index (χ3n) is 4.12. The Hall–Kier alpha value is -2.89. The summed E-state index contributed by atoms with van der Waals surface area (Å²) in [4.78, 5) is 29.6. The highest BCUT2D eigenvalue weighted by Gasteiger charge is 2.12. The lowest BCUT2D eigenvalue weighted by Gasteiger charge is -2.17. The molecule has 0 unspecified atom stereocenters. The molecule has 0 aliphatic carbocycles. The van der Waals surface area contributed by atoms with Crippen molar-refractivity contribution in [3.63, 3.8) is 0 Å². The molecule has 3 rings (SSSR count). The second-order valence-electron chi connectivity index (χ2n) is 5.83. The largest absolute Gasteiger partial charge is 0.419 e. The number of carbonyl (C=O) groups is 1. The fourth-order valence-corrected chi connectivity index (χ4v) is 2.56. The maximum atomic E-state index is 12.4. The van der Waals surface area contributed by atoms with Gasteiger partial charge < -0.3 is 9.32 Å². The van der Waals surface area contributed by atoms with Gasteiger partial charge in [-0.05, 0) is 41.8 Å². The molecule has 24 heavy (non-hydrogen) atoms. The Kier molecular flexibility index (Phi) is 4.46. The Morgan fingerprint density at radius 3 is 2.71 bits per heavy atom. The Bertz CT molecular complexity index is 912. The molecule has 1 amide bonds. The number of amides is 1. The predicted octanol–water partition coefficient (Wildman–Crippen LogP) is 1.77. The van der Waals surface area contributed by atoms with Crippen molar-refractivity contribution < 1.29 is 9.21 Å². The number of pyridine rings is 1. The lowest BCUT2D eigenvalue weighted by atomic mass is 10.1. The van der Waals surface area contributed by atoms with Gasteiger partial charge in [0.2, 0.25) is 5.91 Å².